The van der Waals surface area contributed by atoms with E-state index in [1.165, 1.54) is 24.8 Å². The van der Waals surface area contributed by atoms with Crippen LogP contribution in [0.25, 0.3) is 87.6 Å². The summed E-state index contributed by atoms with van der Waals surface area (Å²) in [6, 6.07) is 78.1. The van der Waals surface area contributed by atoms with Gasteiger partial charge in [-0.3, -0.25) is 38.9 Å². The Balaban J connectivity index is 0.998. The summed E-state index contributed by atoms with van der Waals surface area (Å²) in [6.45, 7) is 3.97. The first-order valence-electron chi connectivity index (χ1n) is 36.8. The fraction of sp³-hybridized carbons (Fsp3) is 0.106. The van der Waals surface area contributed by atoms with Crippen molar-refractivity contribution in [3.63, 3.8) is 0 Å². The number of carbonyl (C=O) groups is 6. The molecule has 0 N–H and O–H groups in total. The third kappa shape index (κ3) is 13.6. The maximum absolute atomic E-state index is 16.5. The second-order valence-electron chi connectivity index (χ2n) is 26.8. The van der Waals surface area contributed by atoms with E-state index in [1.54, 1.807) is 111 Å². The molecule has 18 nitrogen and oxygen atoms in total. The number of imide groups is 2. The zero-order valence-corrected chi connectivity index (χ0v) is 60.6. The number of fused-ring (bicyclic) bond motifs is 2. The van der Waals surface area contributed by atoms with Crippen LogP contribution in [0.1, 0.15) is 68.1 Å². The monoisotopic (exact) mass is 1480 g/mol. The minimum absolute atomic E-state index is 0.0248. The maximum atomic E-state index is 16.5. The summed E-state index contributed by atoms with van der Waals surface area (Å²) in [7, 11) is 0. The summed E-state index contributed by atoms with van der Waals surface area (Å²) in [6.07, 6.45) is 5.39. The predicted octanol–water partition coefficient (Wildman–Crippen LogP) is 20.4. The molecule has 2 aliphatic rings. The Morgan fingerprint density at radius 2 is 0.562 bits per heavy atom. The predicted molar refractivity (Wildman–Crippen MR) is 426 cm³/mol. The zero-order valence-electron chi connectivity index (χ0n) is 60.6. The molecule has 112 heavy (non-hydrogen) atoms. The second kappa shape index (κ2) is 30.8. The average Bonchev–Trinajstić information content (AvgIpc) is 0.669. The first-order valence-corrected chi connectivity index (χ1v) is 36.8. The van der Waals surface area contributed by atoms with Crippen molar-refractivity contribution in [3.05, 3.63) is 314 Å². The number of esters is 2. The summed E-state index contributed by atoms with van der Waals surface area (Å²) < 4.78 is 53.2. The van der Waals surface area contributed by atoms with Gasteiger partial charge in [0.05, 0.1) is 34.6 Å². The molecule has 0 saturated heterocycles. The van der Waals surface area contributed by atoms with Crippen LogP contribution in [0.2, 0.25) is 0 Å². The molecule has 0 saturated carbocycles. The average molecular weight is 1480 g/mol. The molecule has 18 heteroatoms. The summed E-state index contributed by atoms with van der Waals surface area (Å²) in [5.74, 6) is -3.96. The molecule has 0 aliphatic carbocycles. The Bertz CT molecular complexity index is 5410. The highest BCUT2D eigenvalue weighted by Gasteiger charge is 2.47. The van der Waals surface area contributed by atoms with Crippen LogP contribution in [0.4, 0.5) is 0 Å². The van der Waals surface area contributed by atoms with Crippen LogP contribution in [0.5, 0.6) is 57.5 Å². The van der Waals surface area contributed by atoms with Gasteiger partial charge in [-0.1, -0.05) is 170 Å². The van der Waals surface area contributed by atoms with Crippen LogP contribution in [0.3, 0.4) is 0 Å². The highest BCUT2D eigenvalue weighted by atomic mass is 16.5. The van der Waals surface area contributed by atoms with Gasteiger partial charge in [-0.25, -0.2) is 9.59 Å². The molecule has 548 valence electrons. The fourth-order valence-corrected chi connectivity index (χ4v) is 14.9. The number of carbonyl (C=O) groups excluding carboxylic acids is 6. The number of rotatable bonds is 26. The summed E-state index contributed by atoms with van der Waals surface area (Å²) >= 11 is 0. The van der Waals surface area contributed by atoms with Crippen LogP contribution in [-0.4, -0.2) is 93.8 Å². The van der Waals surface area contributed by atoms with Crippen molar-refractivity contribution in [3.8, 4) is 102 Å². The van der Waals surface area contributed by atoms with Crippen LogP contribution in [-0.2, 0) is 19.1 Å². The summed E-state index contributed by atoms with van der Waals surface area (Å²) in [4.78, 5) is 106. The second-order valence-corrected chi connectivity index (χ2v) is 26.8. The Morgan fingerprint density at radius 3 is 0.804 bits per heavy atom. The number of nitrogens with zero attached hydrogens (tertiary/aromatic N) is 4. The highest BCUT2D eigenvalue weighted by Crippen LogP contribution is 2.58. The van der Waals surface area contributed by atoms with Crippen molar-refractivity contribution in [2.24, 2.45) is 0 Å². The van der Waals surface area contributed by atoms with Gasteiger partial charge in [-0.05, 0) is 155 Å². The molecule has 0 spiro atoms. The van der Waals surface area contributed by atoms with Gasteiger partial charge < -0.3 is 37.9 Å². The maximum Gasteiger partial charge on any atom is 0.334 e. The van der Waals surface area contributed by atoms with Crippen LogP contribution >= 0.6 is 0 Å². The van der Waals surface area contributed by atoms with Gasteiger partial charge in [0.15, 0.2) is 0 Å². The number of hydrogen-bond donors (Lipinski definition) is 0. The standard InChI is InChI=1S/C94H68N4O14/c1-3-105-49-45-75(93(103)111-69-27-17-47-95-55-69)97-89(99)71-51-77(107-65-37-29-61(30-38-65)57-19-9-5-10-20-57)83-85-79(109-67-41-33-63(34-42-67)59-23-13-7-14-24-59)53-73-82-74(92(102)98(91(73)101)76(46-50-106-4-2)94(104)112-70-28-18-48-96-56-70)54-80(110-68-43-35-64(36-44-68)60-25-15-8-16-26-60)86(88(82)85)84-78(52-72(90(97)100)81(71)87(83)84)108-66-39-31-62(32-40-66)58-21-11-6-12-22-58/h5-44,47-48,51-56,75-76H,3-4,45-46,49-50H2,1-2H3. The molecule has 0 radical (unpaired) electrons. The minimum atomic E-state index is -1.59. The van der Waals surface area contributed by atoms with Gasteiger partial charge in [0, 0.05) is 94.8 Å². The van der Waals surface area contributed by atoms with Crippen LogP contribution in [0.15, 0.2) is 292 Å². The van der Waals surface area contributed by atoms with Crippen molar-refractivity contribution < 1.29 is 66.7 Å². The first kappa shape index (κ1) is 70.8. The molecule has 0 fully saturated rings. The van der Waals surface area contributed by atoms with E-state index >= 15 is 28.8 Å². The third-order valence-electron chi connectivity index (χ3n) is 20.1. The van der Waals surface area contributed by atoms with E-state index in [-0.39, 0.29) is 139 Å². The van der Waals surface area contributed by atoms with E-state index in [4.69, 9.17) is 37.9 Å². The zero-order chi connectivity index (χ0) is 76.3. The number of amides is 4. The van der Waals surface area contributed by atoms with Crippen molar-refractivity contribution in [2.75, 3.05) is 26.4 Å². The highest BCUT2D eigenvalue weighted by molar-refractivity contribution is 6.45. The number of pyridine rings is 2. The lowest BCUT2D eigenvalue weighted by molar-refractivity contribution is -0.140. The molecule has 15 aromatic rings. The molecule has 2 unspecified atom stereocenters. The minimum Gasteiger partial charge on any atom is -0.457 e. The van der Waals surface area contributed by atoms with E-state index in [9.17, 15) is 0 Å². The summed E-state index contributed by atoms with van der Waals surface area (Å²) in [5, 5.41) is 1.60. The molecule has 2 atom stereocenters. The van der Waals surface area contributed by atoms with Gasteiger partial charge in [-0.15, -0.1) is 0 Å². The van der Waals surface area contributed by atoms with Gasteiger partial charge in [0.25, 0.3) is 23.6 Å². The quantitative estimate of drug-likeness (QED) is 0.0162. The van der Waals surface area contributed by atoms with E-state index in [0.29, 0.717) is 23.0 Å². The van der Waals surface area contributed by atoms with Crippen molar-refractivity contribution in [2.45, 2.75) is 38.8 Å². The van der Waals surface area contributed by atoms with E-state index in [1.807, 2.05) is 170 Å². The molecular weight excluding hydrogens is 1410 g/mol. The van der Waals surface area contributed by atoms with Crippen molar-refractivity contribution >= 4 is 78.7 Å². The lowest BCUT2D eigenvalue weighted by Crippen LogP contribution is -2.52. The Kier molecular flexibility index (Phi) is 19.5. The van der Waals surface area contributed by atoms with E-state index < -0.39 is 47.7 Å². The SMILES string of the molecule is CCOCCC(C(=O)Oc1cccnc1)N1C(=O)c2cc(Oc3ccc(-c4ccccc4)cc3)c3c4c(Oc5ccc(-c6ccccc6)cc5)cc5c6c(cc(Oc7ccc(-c8ccccc8)cc7)c(c7c(Oc8ccc(-c9ccccc9)cc8)cc(c2c37)C1=O)c64)C(=O)N(C(CCOCC)C(=O)Oc1cccnc1)C5=O. The first-order chi connectivity index (χ1) is 55.0. The van der Waals surface area contributed by atoms with Gasteiger partial charge >= 0.3 is 11.9 Å². The topological polar surface area (TPSA) is 209 Å². The number of hydrogen-bond acceptors (Lipinski definition) is 16. The lowest BCUT2D eigenvalue weighted by atomic mass is 9.80. The number of benzene rings is 13. The van der Waals surface area contributed by atoms with Gasteiger partial charge in [0.2, 0.25) is 0 Å². The molecule has 0 bridgehead atoms. The van der Waals surface area contributed by atoms with Crippen LogP contribution in [0, 0.1) is 0 Å². The molecule has 4 heterocycles. The van der Waals surface area contributed by atoms with Gasteiger partial charge in [0.1, 0.15) is 69.6 Å². The molecular formula is C94H68N4O14. The molecule has 2 aliphatic heterocycles. The summed E-state index contributed by atoms with van der Waals surface area (Å²) in [5.41, 5.74) is 6.94. The van der Waals surface area contributed by atoms with Crippen molar-refractivity contribution in [1.82, 2.24) is 19.8 Å². The third-order valence-corrected chi connectivity index (χ3v) is 20.1. The fourth-order valence-electron chi connectivity index (χ4n) is 14.9. The van der Waals surface area contributed by atoms with Crippen molar-refractivity contribution in [1.29, 1.82) is 0 Å². The molecule has 17 rings (SSSR count). The van der Waals surface area contributed by atoms with Gasteiger partial charge in [-0.2, -0.15) is 0 Å². The normalized spacial score (nSPS) is 13.1. The Morgan fingerprint density at radius 1 is 0.304 bits per heavy atom. The molecule has 4 amide bonds. The number of aromatic nitrogens is 2. The molecule has 13 aromatic carbocycles. The van der Waals surface area contributed by atoms with Crippen LogP contribution < -0.4 is 28.4 Å². The lowest BCUT2D eigenvalue weighted by Gasteiger charge is -2.35. The molecule has 2 aromatic heterocycles. The van der Waals surface area contributed by atoms with E-state index in [2.05, 4.69) is 9.97 Å². The number of ether oxygens (including phenoxy) is 8. The smallest absolute Gasteiger partial charge is 0.334 e. The largest absolute Gasteiger partial charge is 0.457 e. The van der Waals surface area contributed by atoms with E-state index in [0.717, 1.165) is 54.3 Å². The Labute approximate surface area is 642 Å². The Hall–Kier alpha value is -14.2.